The van der Waals surface area contributed by atoms with Crippen LogP contribution in [0.2, 0.25) is 10.6 Å². The van der Waals surface area contributed by atoms with Gasteiger partial charge in [-0.15, -0.1) is 0 Å². The predicted molar refractivity (Wildman–Crippen MR) is 73.8 cm³/mol. The average Bonchev–Trinajstić information content (AvgIpc) is 2.25. The summed E-state index contributed by atoms with van der Waals surface area (Å²) in [4.78, 5) is 10.6. The van der Waals surface area contributed by atoms with E-state index in [9.17, 15) is 8.42 Å². The molecule has 0 unspecified atom stereocenters. The van der Waals surface area contributed by atoms with Gasteiger partial charge in [0.05, 0.1) is 5.69 Å². The summed E-state index contributed by atoms with van der Waals surface area (Å²) < 4.78 is 31.7. The number of nitrogens with one attached hydrogen (secondary N) is 1. The van der Waals surface area contributed by atoms with Gasteiger partial charge in [0, 0.05) is 5.69 Å². The molecule has 20 heavy (non-hydrogen) atoms. The Hall–Kier alpha value is -1.68. The number of hydrogen-bond donors (Lipinski definition) is 3. The fourth-order valence-electron chi connectivity index (χ4n) is 1.37. The van der Waals surface area contributed by atoms with Gasteiger partial charge in [-0.1, -0.05) is 0 Å². The molecular weight excluding hydrogens is 329 g/mol. The third-order valence-electron chi connectivity index (χ3n) is 2.11. The van der Waals surface area contributed by atoms with Gasteiger partial charge in [0.2, 0.25) is 16.5 Å². The highest BCUT2D eigenvalue weighted by molar-refractivity contribution is 7.86. The number of aromatic nitrogens is 3. The maximum atomic E-state index is 11.3. The second kappa shape index (κ2) is 5.37. The van der Waals surface area contributed by atoms with Gasteiger partial charge in [-0.3, -0.25) is 4.55 Å². The second-order valence-corrected chi connectivity index (χ2v) is 5.62. The minimum Gasteiger partial charge on any atom is -0.399 e. The molecule has 11 heteroatoms. The van der Waals surface area contributed by atoms with Crippen molar-refractivity contribution in [2.75, 3.05) is 11.1 Å². The molecule has 0 aliphatic heterocycles. The largest absolute Gasteiger partial charge is 0.399 e. The van der Waals surface area contributed by atoms with Crippen LogP contribution in [0.5, 0.6) is 0 Å². The van der Waals surface area contributed by atoms with Crippen LogP contribution in [0.4, 0.5) is 17.3 Å². The van der Waals surface area contributed by atoms with Gasteiger partial charge >= 0.3 is 0 Å². The molecule has 0 saturated heterocycles. The molecule has 0 fully saturated rings. The van der Waals surface area contributed by atoms with Crippen molar-refractivity contribution in [2.45, 2.75) is 4.90 Å². The van der Waals surface area contributed by atoms with E-state index in [0.717, 1.165) is 6.07 Å². The molecule has 1 aromatic carbocycles. The fraction of sp³-hybridized carbons (Fsp3) is 0. The van der Waals surface area contributed by atoms with E-state index < -0.39 is 10.1 Å². The summed E-state index contributed by atoms with van der Waals surface area (Å²) >= 11 is 11.2. The van der Waals surface area contributed by atoms with Crippen LogP contribution in [-0.4, -0.2) is 27.9 Å². The molecule has 0 saturated carbocycles. The zero-order valence-electron chi connectivity index (χ0n) is 9.58. The fourth-order valence-corrected chi connectivity index (χ4v) is 2.36. The van der Waals surface area contributed by atoms with Crippen LogP contribution in [0.3, 0.4) is 0 Å². The predicted octanol–water partition coefficient (Wildman–Crippen LogP) is 1.75. The molecule has 1 heterocycles. The SMILES string of the molecule is Nc1ccc(S(=O)(=O)O)c(Nc2nc(Cl)nc(Cl)n2)c1. The van der Waals surface area contributed by atoms with Gasteiger partial charge in [-0.25, -0.2) is 0 Å². The minimum atomic E-state index is -4.45. The number of halogens is 2. The lowest BCUT2D eigenvalue weighted by atomic mass is 10.3. The van der Waals surface area contributed by atoms with Crippen molar-refractivity contribution in [1.82, 2.24) is 15.0 Å². The third-order valence-corrected chi connectivity index (χ3v) is 3.36. The lowest BCUT2D eigenvalue weighted by Gasteiger charge is -2.09. The average molecular weight is 336 g/mol. The monoisotopic (exact) mass is 335 g/mol. The summed E-state index contributed by atoms with van der Waals surface area (Å²) in [5.41, 5.74) is 5.81. The first-order valence-electron chi connectivity index (χ1n) is 4.97. The number of hydrogen-bond acceptors (Lipinski definition) is 7. The van der Waals surface area contributed by atoms with Crippen molar-refractivity contribution >= 4 is 50.6 Å². The molecule has 4 N–H and O–H groups in total. The van der Waals surface area contributed by atoms with Crippen molar-refractivity contribution in [3.63, 3.8) is 0 Å². The Kier molecular flexibility index (Phi) is 3.95. The number of nitrogens with two attached hydrogens (primary N) is 1. The van der Waals surface area contributed by atoms with Crippen molar-refractivity contribution in [1.29, 1.82) is 0 Å². The molecule has 0 aliphatic carbocycles. The number of rotatable bonds is 3. The van der Waals surface area contributed by atoms with Crippen molar-refractivity contribution in [3.8, 4) is 0 Å². The molecule has 106 valence electrons. The van der Waals surface area contributed by atoms with Crippen LogP contribution in [0.15, 0.2) is 23.1 Å². The molecule has 1 aromatic heterocycles. The minimum absolute atomic E-state index is 0.0224. The van der Waals surface area contributed by atoms with E-state index in [4.69, 9.17) is 33.5 Å². The normalized spacial score (nSPS) is 11.3. The number of nitrogens with zero attached hydrogens (tertiary/aromatic N) is 3. The quantitative estimate of drug-likeness (QED) is 0.571. The standard InChI is InChI=1S/C9H7Cl2N5O3S/c10-7-14-8(11)16-9(15-7)13-5-3-4(12)1-2-6(5)20(17,18)19/h1-3H,12H2,(H,17,18,19)(H,13,14,15,16). The van der Waals surface area contributed by atoms with Crippen LogP contribution in [0.1, 0.15) is 0 Å². The first kappa shape index (κ1) is 14.7. The topological polar surface area (TPSA) is 131 Å². The van der Waals surface area contributed by atoms with E-state index >= 15 is 0 Å². The van der Waals surface area contributed by atoms with Crippen LogP contribution in [-0.2, 0) is 10.1 Å². The van der Waals surface area contributed by atoms with Crippen molar-refractivity contribution < 1.29 is 13.0 Å². The Morgan fingerprint density at radius 2 is 1.75 bits per heavy atom. The summed E-state index contributed by atoms with van der Waals surface area (Å²) in [7, 11) is -4.45. The molecular formula is C9H7Cl2N5O3S. The number of anilines is 3. The van der Waals surface area contributed by atoms with E-state index in [0.29, 0.717) is 0 Å². The molecule has 0 bridgehead atoms. The van der Waals surface area contributed by atoms with Gasteiger partial charge in [-0.05, 0) is 41.4 Å². The lowest BCUT2D eigenvalue weighted by molar-refractivity contribution is 0.483. The van der Waals surface area contributed by atoms with E-state index in [-0.39, 0.29) is 32.8 Å². The molecule has 0 amide bonds. The molecule has 0 radical (unpaired) electrons. The summed E-state index contributed by atoms with van der Waals surface area (Å²) in [6, 6.07) is 3.74. The highest BCUT2D eigenvalue weighted by Gasteiger charge is 2.17. The van der Waals surface area contributed by atoms with Gasteiger partial charge in [0.1, 0.15) is 4.90 Å². The highest BCUT2D eigenvalue weighted by Crippen LogP contribution is 2.26. The molecule has 0 spiro atoms. The smallest absolute Gasteiger partial charge is 0.296 e. The van der Waals surface area contributed by atoms with Gasteiger partial charge in [0.25, 0.3) is 10.1 Å². The number of benzene rings is 1. The Morgan fingerprint density at radius 3 is 2.30 bits per heavy atom. The highest BCUT2D eigenvalue weighted by atomic mass is 35.5. The van der Waals surface area contributed by atoms with Gasteiger partial charge < -0.3 is 11.1 Å². The maximum Gasteiger partial charge on any atom is 0.296 e. The number of nitrogen functional groups attached to an aromatic ring is 1. The zero-order valence-corrected chi connectivity index (χ0v) is 11.9. The van der Waals surface area contributed by atoms with E-state index in [1.165, 1.54) is 12.1 Å². The summed E-state index contributed by atoms with van der Waals surface area (Å²) in [5, 5.41) is 2.20. The molecule has 2 rings (SSSR count). The Morgan fingerprint density at radius 1 is 1.15 bits per heavy atom. The Balaban J connectivity index is 2.50. The van der Waals surface area contributed by atoms with Crippen molar-refractivity contribution in [3.05, 3.63) is 28.8 Å². The molecule has 2 aromatic rings. The first-order chi connectivity index (χ1) is 9.25. The summed E-state index contributed by atoms with van der Waals surface area (Å²) in [6.45, 7) is 0. The second-order valence-electron chi connectivity index (χ2n) is 3.55. The maximum absolute atomic E-state index is 11.3. The van der Waals surface area contributed by atoms with Crippen LogP contribution < -0.4 is 11.1 Å². The molecule has 0 atom stereocenters. The summed E-state index contributed by atoms with van der Waals surface area (Å²) in [6.07, 6.45) is 0. The Bertz CT molecular complexity index is 748. The first-order valence-corrected chi connectivity index (χ1v) is 7.16. The van der Waals surface area contributed by atoms with E-state index in [1.807, 2.05) is 0 Å². The lowest BCUT2D eigenvalue weighted by Crippen LogP contribution is -2.06. The van der Waals surface area contributed by atoms with Crippen LogP contribution in [0, 0.1) is 0 Å². The van der Waals surface area contributed by atoms with E-state index in [1.54, 1.807) is 0 Å². The van der Waals surface area contributed by atoms with E-state index in [2.05, 4.69) is 20.3 Å². The van der Waals surface area contributed by atoms with Crippen LogP contribution in [0.25, 0.3) is 0 Å². The Labute approximate surface area is 123 Å². The molecule has 8 nitrogen and oxygen atoms in total. The van der Waals surface area contributed by atoms with Gasteiger partial charge in [-0.2, -0.15) is 23.4 Å². The third kappa shape index (κ3) is 3.45. The molecule has 0 aliphatic rings. The van der Waals surface area contributed by atoms with Crippen molar-refractivity contribution in [2.24, 2.45) is 0 Å². The van der Waals surface area contributed by atoms with Crippen LogP contribution >= 0.6 is 23.2 Å². The summed E-state index contributed by atoms with van der Waals surface area (Å²) in [5.74, 6) is -0.0921. The zero-order chi connectivity index (χ0) is 14.9. The van der Waals surface area contributed by atoms with Gasteiger partial charge in [0.15, 0.2) is 0 Å².